The molecular weight excluding hydrogens is 282 g/mol. The zero-order valence-electron chi connectivity index (χ0n) is 12.3. The Labute approximate surface area is 128 Å². The van der Waals surface area contributed by atoms with Crippen LogP contribution in [0.15, 0.2) is 42.5 Å². The zero-order valence-corrected chi connectivity index (χ0v) is 12.3. The van der Waals surface area contributed by atoms with E-state index in [9.17, 15) is 9.59 Å². The third-order valence-corrected chi connectivity index (χ3v) is 2.96. The first kappa shape index (κ1) is 15.4. The van der Waals surface area contributed by atoms with Gasteiger partial charge in [-0.25, -0.2) is 0 Å². The molecule has 2 aromatic carbocycles. The van der Waals surface area contributed by atoms with Crippen molar-refractivity contribution < 1.29 is 14.3 Å². The lowest BCUT2D eigenvalue weighted by Gasteiger charge is -2.10. The molecule has 0 aromatic heterocycles. The van der Waals surface area contributed by atoms with Gasteiger partial charge in [0, 0.05) is 24.0 Å². The third-order valence-electron chi connectivity index (χ3n) is 2.96. The average molecular weight is 299 g/mol. The van der Waals surface area contributed by atoms with Gasteiger partial charge in [-0.2, -0.15) is 0 Å². The molecule has 2 aromatic rings. The molecule has 0 saturated carbocycles. The first-order valence-electron chi connectivity index (χ1n) is 6.62. The highest BCUT2D eigenvalue weighted by Crippen LogP contribution is 2.20. The highest BCUT2D eigenvalue weighted by molar-refractivity contribution is 6.08. The van der Waals surface area contributed by atoms with Gasteiger partial charge in [0.25, 0.3) is 5.91 Å². The van der Waals surface area contributed by atoms with Gasteiger partial charge in [-0.3, -0.25) is 9.59 Å². The predicted octanol–water partition coefficient (Wildman–Crippen LogP) is 2.49. The van der Waals surface area contributed by atoms with E-state index in [1.165, 1.54) is 6.92 Å². The van der Waals surface area contributed by atoms with Crippen molar-refractivity contribution in [2.45, 2.75) is 6.92 Å². The van der Waals surface area contributed by atoms with Gasteiger partial charge < -0.3 is 21.1 Å². The van der Waals surface area contributed by atoms with Crippen molar-refractivity contribution in [1.82, 2.24) is 0 Å². The molecule has 2 amide bonds. The maximum absolute atomic E-state index is 12.2. The van der Waals surface area contributed by atoms with Crippen molar-refractivity contribution in [2.24, 2.45) is 0 Å². The number of ether oxygens (including phenoxy) is 1. The minimum atomic E-state index is -0.322. The van der Waals surface area contributed by atoms with Gasteiger partial charge in [-0.15, -0.1) is 0 Å². The van der Waals surface area contributed by atoms with Crippen LogP contribution in [0.25, 0.3) is 0 Å². The first-order valence-corrected chi connectivity index (χ1v) is 6.62. The molecule has 0 aliphatic rings. The van der Waals surface area contributed by atoms with Crippen molar-refractivity contribution in [1.29, 1.82) is 0 Å². The maximum atomic E-state index is 12.2. The Morgan fingerprint density at radius 2 is 1.64 bits per heavy atom. The number of carbonyl (C=O) groups is 2. The number of nitrogens with two attached hydrogens (primary N) is 1. The molecule has 0 saturated heterocycles. The van der Waals surface area contributed by atoms with Crippen LogP contribution in [0.1, 0.15) is 17.3 Å². The summed E-state index contributed by atoms with van der Waals surface area (Å²) in [6, 6.07) is 11.7. The molecule has 0 spiro atoms. The van der Waals surface area contributed by atoms with Gasteiger partial charge in [-0.05, 0) is 42.5 Å². The monoisotopic (exact) mass is 299 g/mol. The van der Waals surface area contributed by atoms with Crippen LogP contribution < -0.4 is 21.1 Å². The molecule has 0 radical (unpaired) electrons. The van der Waals surface area contributed by atoms with Gasteiger partial charge in [0.05, 0.1) is 12.7 Å². The van der Waals surface area contributed by atoms with Crippen molar-refractivity contribution in [2.75, 3.05) is 23.5 Å². The Kier molecular flexibility index (Phi) is 4.63. The van der Waals surface area contributed by atoms with Gasteiger partial charge in [0.1, 0.15) is 5.75 Å². The summed E-state index contributed by atoms with van der Waals surface area (Å²) in [4.78, 5) is 23.2. The van der Waals surface area contributed by atoms with E-state index in [0.717, 1.165) is 0 Å². The molecule has 2 rings (SSSR count). The smallest absolute Gasteiger partial charge is 0.257 e. The van der Waals surface area contributed by atoms with Crippen molar-refractivity contribution >= 4 is 28.9 Å². The third kappa shape index (κ3) is 3.76. The number of amides is 2. The minimum absolute atomic E-state index is 0.199. The molecule has 114 valence electrons. The Hall–Kier alpha value is -3.02. The van der Waals surface area contributed by atoms with Crippen LogP contribution in [0.4, 0.5) is 17.1 Å². The fourth-order valence-corrected chi connectivity index (χ4v) is 1.92. The van der Waals surface area contributed by atoms with E-state index >= 15 is 0 Å². The number of anilines is 3. The average Bonchev–Trinajstić information content (AvgIpc) is 2.47. The molecule has 0 bridgehead atoms. The topological polar surface area (TPSA) is 93.5 Å². The fraction of sp³-hybridized carbons (Fsp3) is 0.125. The van der Waals surface area contributed by atoms with Crippen LogP contribution in [0.2, 0.25) is 0 Å². The second-order valence-corrected chi connectivity index (χ2v) is 4.67. The Bertz CT molecular complexity index is 696. The second-order valence-electron chi connectivity index (χ2n) is 4.67. The Morgan fingerprint density at radius 3 is 2.18 bits per heavy atom. The van der Waals surface area contributed by atoms with E-state index in [-0.39, 0.29) is 17.5 Å². The number of nitrogen functional groups attached to an aromatic ring is 1. The minimum Gasteiger partial charge on any atom is -0.497 e. The van der Waals surface area contributed by atoms with Gasteiger partial charge in [-0.1, -0.05) is 0 Å². The standard InChI is InChI=1S/C16H17N3O3/c1-10(20)18-12-5-8-14(15(17)9-12)16(21)19-11-3-6-13(22-2)7-4-11/h3-9H,17H2,1-2H3,(H,18,20)(H,19,21). The van der Waals surface area contributed by atoms with Crippen molar-refractivity contribution in [3.63, 3.8) is 0 Å². The lowest BCUT2D eigenvalue weighted by Crippen LogP contribution is -2.14. The van der Waals surface area contributed by atoms with E-state index in [4.69, 9.17) is 10.5 Å². The van der Waals surface area contributed by atoms with E-state index in [0.29, 0.717) is 22.7 Å². The summed E-state index contributed by atoms with van der Waals surface area (Å²) in [5.41, 5.74) is 7.67. The van der Waals surface area contributed by atoms with Gasteiger partial charge >= 0.3 is 0 Å². The fourth-order valence-electron chi connectivity index (χ4n) is 1.92. The summed E-state index contributed by atoms with van der Waals surface area (Å²) in [5.74, 6) is 0.184. The molecule has 4 N–H and O–H groups in total. The molecule has 0 heterocycles. The van der Waals surface area contributed by atoms with E-state index in [2.05, 4.69) is 10.6 Å². The molecule has 6 nitrogen and oxygen atoms in total. The molecule has 6 heteroatoms. The molecular formula is C16H17N3O3. The Balaban J connectivity index is 2.13. The number of nitrogens with one attached hydrogen (secondary N) is 2. The Morgan fingerprint density at radius 1 is 1.00 bits per heavy atom. The van der Waals surface area contributed by atoms with E-state index < -0.39 is 0 Å². The number of benzene rings is 2. The van der Waals surface area contributed by atoms with Crippen LogP contribution >= 0.6 is 0 Å². The van der Waals surface area contributed by atoms with Crippen molar-refractivity contribution in [3.8, 4) is 5.75 Å². The number of hydrogen-bond donors (Lipinski definition) is 3. The second kappa shape index (κ2) is 6.62. The first-order chi connectivity index (χ1) is 10.5. The van der Waals surface area contributed by atoms with Crippen LogP contribution in [-0.4, -0.2) is 18.9 Å². The molecule has 0 unspecified atom stereocenters. The zero-order chi connectivity index (χ0) is 16.1. The highest BCUT2D eigenvalue weighted by Gasteiger charge is 2.11. The lowest BCUT2D eigenvalue weighted by molar-refractivity contribution is -0.114. The summed E-state index contributed by atoms with van der Waals surface area (Å²) < 4.78 is 5.06. The van der Waals surface area contributed by atoms with Crippen LogP contribution in [0.3, 0.4) is 0 Å². The lowest BCUT2D eigenvalue weighted by atomic mass is 10.1. The van der Waals surface area contributed by atoms with Gasteiger partial charge in [0.2, 0.25) is 5.91 Å². The number of rotatable bonds is 4. The van der Waals surface area contributed by atoms with Crippen LogP contribution in [0.5, 0.6) is 5.75 Å². The molecule has 0 aliphatic carbocycles. The van der Waals surface area contributed by atoms with E-state index in [1.54, 1.807) is 49.6 Å². The summed E-state index contributed by atoms with van der Waals surface area (Å²) in [7, 11) is 1.57. The van der Waals surface area contributed by atoms with Crippen LogP contribution in [-0.2, 0) is 4.79 Å². The molecule has 22 heavy (non-hydrogen) atoms. The number of methoxy groups -OCH3 is 1. The van der Waals surface area contributed by atoms with Crippen LogP contribution in [0, 0.1) is 0 Å². The summed E-state index contributed by atoms with van der Waals surface area (Å²) in [6.07, 6.45) is 0. The largest absolute Gasteiger partial charge is 0.497 e. The highest BCUT2D eigenvalue weighted by atomic mass is 16.5. The normalized spacial score (nSPS) is 9.91. The molecule has 0 fully saturated rings. The van der Waals surface area contributed by atoms with Crippen molar-refractivity contribution in [3.05, 3.63) is 48.0 Å². The SMILES string of the molecule is COc1ccc(NC(=O)c2ccc(NC(C)=O)cc2N)cc1. The maximum Gasteiger partial charge on any atom is 0.257 e. The number of carbonyl (C=O) groups excluding carboxylic acids is 2. The van der Waals surface area contributed by atoms with E-state index in [1.807, 2.05) is 0 Å². The molecule has 0 atom stereocenters. The quantitative estimate of drug-likeness (QED) is 0.756. The summed E-state index contributed by atoms with van der Waals surface area (Å²) in [5, 5.41) is 5.36. The molecule has 0 aliphatic heterocycles. The summed E-state index contributed by atoms with van der Waals surface area (Å²) >= 11 is 0. The van der Waals surface area contributed by atoms with Gasteiger partial charge in [0.15, 0.2) is 0 Å². The number of hydrogen-bond acceptors (Lipinski definition) is 4. The predicted molar refractivity (Wildman–Crippen MR) is 86.1 cm³/mol. The summed E-state index contributed by atoms with van der Waals surface area (Å²) in [6.45, 7) is 1.40.